The van der Waals surface area contributed by atoms with Gasteiger partial charge >= 0.3 is 5.97 Å². The van der Waals surface area contributed by atoms with Gasteiger partial charge in [-0.15, -0.1) is 0 Å². The molecule has 0 saturated carbocycles. The second-order valence-corrected chi connectivity index (χ2v) is 6.04. The highest BCUT2D eigenvalue weighted by molar-refractivity contribution is 9.10. The number of nitrogens with one attached hydrogen (secondary N) is 2. The van der Waals surface area contributed by atoms with Gasteiger partial charge in [-0.3, -0.25) is 4.79 Å². The summed E-state index contributed by atoms with van der Waals surface area (Å²) in [7, 11) is 1.72. The summed E-state index contributed by atoms with van der Waals surface area (Å²) in [6, 6.07) is 14.4. The Balaban J connectivity index is 1.91. The summed E-state index contributed by atoms with van der Waals surface area (Å²) in [5.74, 6) is -0.891. The highest BCUT2D eigenvalue weighted by Gasteiger charge is 2.16. The largest absolute Gasteiger partial charge is 0.452 e. The molecule has 2 aromatic rings. The van der Waals surface area contributed by atoms with Gasteiger partial charge < -0.3 is 15.4 Å². The predicted octanol–water partition coefficient (Wildman–Crippen LogP) is 3.53. The molecule has 1 atom stereocenters. The van der Waals surface area contributed by atoms with E-state index in [9.17, 15) is 9.59 Å². The summed E-state index contributed by atoms with van der Waals surface area (Å²) in [6.07, 6.45) is 0. The Labute approximate surface area is 149 Å². The molecule has 1 amide bonds. The van der Waals surface area contributed by atoms with Crippen LogP contribution in [0.5, 0.6) is 0 Å². The molecule has 0 aliphatic carbocycles. The van der Waals surface area contributed by atoms with Crippen LogP contribution in [0, 0.1) is 0 Å². The number of rotatable bonds is 6. The number of carbonyl (C=O) groups excluding carboxylic acids is 2. The van der Waals surface area contributed by atoms with E-state index in [1.807, 2.05) is 37.3 Å². The molecule has 0 radical (unpaired) electrons. The number of ether oxygens (including phenoxy) is 1. The van der Waals surface area contributed by atoms with Crippen molar-refractivity contribution >= 4 is 33.5 Å². The number of anilines is 1. The molecule has 0 spiro atoms. The number of hydrogen-bond acceptors (Lipinski definition) is 4. The molecule has 0 unspecified atom stereocenters. The molecule has 2 aromatic carbocycles. The average Bonchev–Trinajstić information content (AvgIpc) is 2.59. The maximum absolute atomic E-state index is 12.1. The lowest BCUT2D eigenvalue weighted by Crippen LogP contribution is -2.31. The van der Waals surface area contributed by atoms with Crippen molar-refractivity contribution < 1.29 is 14.3 Å². The Morgan fingerprint density at radius 2 is 1.79 bits per heavy atom. The third kappa shape index (κ3) is 4.58. The van der Waals surface area contributed by atoms with Crippen molar-refractivity contribution in [3.8, 4) is 0 Å². The second-order valence-electron chi connectivity index (χ2n) is 5.18. The Morgan fingerprint density at radius 1 is 1.12 bits per heavy atom. The maximum atomic E-state index is 12.1. The lowest BCUT2D eigenvalue weighted by Gasteiger charge is -2.16. The third-order valence-corrected chi connectivity index (χ3v) is 4.22. The standard InChI is InChI=1S/C18H19BrN2O3/c1-12(13-7-3-5-9-15(13)19)21-17(22)11-24-18(23)14-8-4-6-10-16(14)20-2/h3-10,12,20H,11H2,1-2H3,(H,21,22)/t12-/m1/s1. The van der Waals surface area contributed by atoms with E-state index in [0.717, 1.165) is 10.0 Å². The third-order valence-electron chi connectivity index (χ3n) is 3.50. The normalized spacial score (nSPS) is 11.5. The summed E-state index contributed by atoms with van der Waals surface area (Å²) in [5, 5.41) is 5.73. The number of carbonyl (C=O) groups is 2. The van der Waals surface area contributed by atoms with Crippen LogP contribution in [0.15, 0.2) is 53.0 Å². The van der Waals surface area contributed by atoms with Crippen molar-refractivity contribution in [1.82, 2.24) is 5.32 Å². The van der Waals surface area contributed by atoms with Gasteiger partial charge in [-0.2, -0.15) is 0 Å². The molecule has 24 heavy (non-hydrogen) atoms. The second kappa shape index (κ2) is 8.49. The van der Waals surface area contributed by atoms with Gasteiger partial charge in [0, 0.05) is 17.2 Å². The molecule has 0 fully saturated rings. The summed E-state index contributed by atoms with van der Waals surface area (Å²) in [5.41, 5.74) is 2.01. The van der Waals surface area contributed by atoms with E-state index in [1.54, 1.807) is 25.2 Å². The minimum atomic E-state index is -0.538. The highest BCUT2D eigenvalue weighted by atomic mass is 79.9. The fourth-order valence-electron chi connectivity index (χ4n) is 2.28. The van der Waals surface area contributed by atoms with Crippen LogP contribution in [0.1, 0.15) is 28.9 Å². The van der Waals surface area contributed by atoms with Gasteiger partial charge in [0.25, 0.3) is 5.91 Å². The fraction of sp³-hybridized carbons (Fsp3) is 0.222. The van der Waals surface area contributed by atoms with Gasteiger partial charge in [0.1, 0.15) is 0 Å². The van der Waals surface area contributed by atoms with Crippen LogP contribution >= 0.6 is 15.9 Å². The average molecular weight is 391 g/mol. The minimum Gasteiger partial charge on any atom is -0.452 e. The van der Waals surface area contributed by atoms with Gasteiger partial charge in [0.05, 0.1) is 11.6 Å². The smallest absolute Gasteiger partial charge is 0.340 e. The van der Waals surface area contributed by atoms with Crippen LogP contribution in [0.4, 0.5) is 5.69 Å². The molecule has 0 heterocycles. The Kier molecular flexibility index (Phi) is 6.37. The molecule has 0 bridgehead atoms. The fourth-order valence-corrected chi connectivity index (χ4v) is 2.90. The number of hydrogen-bond donors (Lipinski definition) is 2. The summed E-state index contributed by atoms with van der Waals surface area (Å²) >= 11 is 3.45. The molecular weight excluding hydrogens is 372 g/mol. The summed E-state index contributed by atoms with van der Waals surface area (Å²) < 4.78 is 6.01. The van der Waals surface area contributed by atoms with Crippen LogP contribution in [-0.4, -0.2) is 25.5 Å². The first-order valence-electron chi connectivity index (χ1n) is 7.50. The first-order valence-corrected chi connectivity index (χ1v) is 8.30. The monoisotopic (exact) mass is 390 g/mol. The van der Waals surface area contributed by atoms with E-state index in [-0.39, 0.29) is 18.6 Å². The van der Waals surface area contributed by atoms with Crippen molar-refractivity contribution in [3.63, 3.8) is 0 Å². The lowest BCUT2D eigenvalue weighted by atomic mass is 10.1. The molecule has 5 nitrogen and oxygen atoms in total. The molecule has 0 aliphatic heterocycles. The zero-order valence-corrected chi connectivity index (χ0v) is 15.1. The number of para-hydroxylation sites is 1. The number of esters is 1. The van der Waals surface area contributed by atoms with E-state index >= 15 is 0 Å². The molecule has 6 heteroatoms. The SMILES string of the molecule is CNc1ccccc1C(=O)OCC(=O)N[C@H](C)c1ccccc1Br. The molecular formula is C18H19BrN2O3. The number of halogens is 1. The van der Waals surface area contributed by atoms with Crippen molar-refractivity contribution in [3.05, 3.63) is 64.1 Å². The molecule has 0 aliphatic rings. The predicted molar refractivity (Wildman–Crippen MR) is 97.0 cm³/mol. The van der Waals surface area contributed by atoms with E-state index in [4.69, 9.17) is 4.74 Å². The maximum Gasteiger partial charge on any atom is 0.340 e. The summed E-state index contributed by atoms with van der Waals surface area (Å²) in [4.78, 5) is 24.1. The van der Waals surface area contributed by atoms with Crippen LogP contribution in [0.2, 0.25) is 0 Å². The quantitative estimate of drug-likeness (QED) is 0.740. The Bertz CT molecular complexity index is 734. The van der Waals surface area contributed by atoms with Crippen molar-refractivity contribution in [2.75, 3.05) is 19.0 Å². The molecule has 0 aromatic heterocycles. The first-order chi connectivity index (χ1) is 11.5. The number of benzene rings is 2. The topological polar surface area (TPSA) is 67.4 Å². The van der Waals surface area contributed by atoms with Gasteiger partial charge in [-0.1, -0.05) is 46.3 Å². The highest BCUT2D eigenvalue weighted by Crippen LogP contribution is 2.22. The van der Waals surface area contributed by atoms with Gasteiger partial charge in [0.2, 0.25) is 0 Å². The molecule has 0 saturated heterocycles. The Hall–Kier alpha value is -2.34. The molecule has 2 rings (SSSR count). The van der Waals surface area contributed by atoms with Gasteiger partial charge in [-0.05, 0) is 30.7 Å². The molecule has 2 N–H and O–H groups in total. The minimum absolute atomic E-state index is 0.198. The van der Waals surface area contributed by atoms with E-state index in [1.165, 1.54) is 0 Å². The van der Waals surface area contributed by atoms with Crippen LogP contribution < -0.4 is 10.6 Å². The van der Waals surface area contributed by atoms with Gasteiger partial charge in [0.15, 0.2) is 6.61 Å². The van der Waals surface area contributed by atoms with E-state index in [2.05, 4.69) is 26.6 Å². The zero-order valence-electron chi connectivity index (χ0n) is 13.5. The first kappa shape index (κ1) is 18.0. The van der Waals surface area contributed by atoms with Crippen LogP contribution in [-0.2, 0) is 9.53 Å². The molecule has 126 valence electrons. The van der Waals surface area contributed by atoms with E-state index in [0.29, 0.717) is 11.3 Å². The van der Waals surface area contributed by atoms with E-state index < -0.39 is 5.97 Å². The van der Waals surface area contributed by atoms with Crippen LogP contribution in [0.3, 0.4) is 0 Å². The zero-order chi connectivity index (χ0) is 17.5. The summed E-state index contributed by atoms with van der Waals surface area (Å²) in [6.45, 7) is 1.54. The van der Waals surface area contributed by atoms with Crippen molar-refractivity contribution in [1.29, 1.82) is 0 Å². The van der Waals surface area contributed by atoms with Crippen LogP contribution in [0.25, 0.3) is 0 Å². The van der Waals surface area contributed by atoms with Crippen molar-refractivity contribution in [2.24, 2.45) is 0 Å². The number of amides is 1. The van der Waals surface area contributed by atoms with Crippen molar-refractivity contribution in [2.45, 2.75) is 13.0 Å². The Morgan fingerprint density at radius 3 is 2.50 bits per heavy atom. The lowest BCUT2D eigenvalue weighted by molar-refractivity contribution is -0.124. The van der Waals surface area contributed by atoms with Gasteiger partial charge in [-0.25, -0.2) is 4.79 Å².